The van der Waals surface area contributed by atoms with Crippen LogP contribution in [0.25, 0.3) is 11.4 Å². The lowest BCUT2D eigenvalue weighted by Crippen LogP contribution is -2.06. The van der Waals surface area contributed by atoms with Crippen molar-refractivity contribution in [2.75, 3.05) is 0 Å². The Balaban J connectivity index is 1.95. The topological polar surface area (TPSA) is 46.5 Å². The summed E-state index contributed by atoms with van der Waals surface area (Å²) < 4.78 is 2.80. The number of rotatable bonds is 3. The molecule has 1 aliphatic carbocycles. The number of aromatic nitrogens is 4. The largest absolute Gasteiger partial charge is 0.300 e. The number of nitrogens with one attached hydrogen (secondary N) is 1. The van der Waals surface area contributed by atoms with Crippen molar-refractivity contribution < 1.29 is 0 Å². The third-order valence-electron chi connectivity index (χ3n) is 3.82. The Morgan fingerprint density at radius 3 is 2.72 bits per heavy atom. The van der Waals surface area contributed by atoms with Gasteiger partial charge >= 0.3 is 0 Å². The lowest BCUT2D eigenvalue weighted by atomic mass is 10.1. The van der Waals surface area contributed by atoms with Crippen LogP contribution >= 0.6 is 12.2 Å². The summed E-state index contributed by atoms with van der Waals surface area (Å²) >= 11 is 5.32. The number of aromatic amines is 1. The van der Waals surface area contributed by atoms with E-state index < -0.39 is 0 Å². The zero-order valence-electron chi connectivity index (χ0n) is 10.6. The summed E-state index contributed by atoms with van der Waals surface area (Å²) in [5.41, 5.74) is 1.50. The average Bonchev–Trinajstić information content (AvgIpc) is 2.78. The van der Waals surface area contributed by atoms with Crippen molar-refractivity contribution >= 4 is 12.2 Å². The standard InChI is InChI=1S/C13H16N4S/c1-13(2)7-10(13)8-17-11(15-16-12(17)18)9-3-5-14-6-4-9/h3-6,10H,7-8H2,1-2H3,(H,16,18). The lowest BCUT2D eigenvalue weighted by Gasteiger charge is -2.08. The van der Waals surface area contributed by atoms with Crippen LogP contribution in [0.1, 0.15) is 20.3 Å². The van der Waals surface area contributed by atoms with Gasteiger partial charge in [-0.25, -0.2) is 0 Å². The molecule has 0 spiro atoms. The van der Waals surface area contributed by atoms with Crippen LogP contribution in [0.15, 0.2) is 24.5 Å². The van der Waals surface area contributed by atoms with E-state index in [2.05, 4.69) is 33.6 Å². The molecule has 2 heterocycles. The van der Waals surface area contributed by atoms with Gasteiger partial charge in [0, 0.05) is 24.5 Å². The van der Waals surface area contributed by atoms with E-state index in [0.717, 1.165) is 17.9 Å². The van der Waals surface area contributed by atoms with E-state index in [9.17, 15) is 0 Å². The van der Waals surface area contributed by atoms with Gasteiger partial charge in [0.1, 0.15) is 0 Å². The molecular weight excluding hydrogens is 244 g/mol. The van der Waals surface area contributed by atoms with Gasteiger partial charge < -0.3 is 0 Å². The highest BCUT2D eigenvalue weighted by Crippen LogP contribution is 2.52. The van der Waals surface area contributed by atoms with Crippen LogP contribution in [0.4, 0.5) is 0 Å². The quantitative estimate of drug-likeness (QED) is 0.863. The molecule has 0 saturated heterocycles. The summed E-state index contributed by atoms with van der Waals surface area (Å²) in [6.07, 6.45) is 4.81. The fraction of sp³-hybridized carbons (Fsp3) is 0.462. The first-order valence-electron chi connectivity index (χ1n) is 6.13. The molecule has 1 aliphatic rings. The van der Waals surface area contributed by atoms with Crippen molar-refractivity contribution in [1.82, 2.24) is 19.7 Å². The number of nitrogens with zero attached hydrogens (tertiary/aromatic N) is 3. The molecule has 2 aromatic heterocycles. The van der Waals surface area contributed by atoms with Crippen molar-refractivity contribution in [2.45, 2.75) is 26.8 Å². The Bertz CT molecular complexity index is 611. The molecule has 2 aromatic rings. The van der Waals surface area contributed by atoms with E-state index in [0.29, 0.717) is 16.1 Å². The predicted octanol–water partition coefficient (Wildman–Crippen LogP) is 3.05. The maximum Gasteiger partial charge on any atom is 0.195 e. The summed E-state index contributed by atoms with van der Waals surface area (Å²) in [6, 6.07) is 3.92. The van der Waals surface area contributed by atoms with Crippen LogP contribution in [0, 0.1) is 16.1 Å². The SMILES string of the molecule is CC1(C)CC1Cn1c(-c2ccncc2)n[nH]c1=S. The van der Waals surface area contributed by atoms with Crippen molar-refractivity contribution in [2.24, 2.45) is 11.3 Å². The van der Waals surface area contributed by atoms with Crippen LogP contribution in [0.3, 0.4) is 0 Å². The molecule has 1 fully saturated rings. The lowest BCUT2D eigenvalue weighted by molar-refractivity contribution is 0.497. The predicted molar refractivity (Wildman–Crippen MR) is 72.5 cm³/mol. The van der Waals surface area contributed by atoms with Gasteiger partial charge in [-0.05, 0) is 42.1 Å². The van der Waals surface area contributed by atoms with Crippen molar-refractivity contribution in [3.63, 3.8) is 0 Å². The van der Waals surface area contributed by atoms with Crippen molar-refractivity contribution in [1.29, 1.82) is 0 Å². The fourth-order valence-corrected chi connectivity index (χ4v) is 2.52. The van der Waals surface area contributed by atoms with Gasteiger partial charge in [0.2, 0.25) is 0 Å². The summed E-state index contributed by atoms with van der Waals surface area (Å²) in [7, 11) is 0. The normalized spacial score (nSPS) is 20.9. The van der Waals surface area contributed by atoms with Crippen LogP contribution in [-0.4, -0.2) is 19.7 Å². The molecule has 0 aromatic carbocycles. The Kier molecular flexibility index (Phi) is 2.59. The summed E-state index contributed by atoms with van der Waals surface area (Å²) in [5, 5.41) is 7.22. The molecule has 1 saturated carbocycles. The third kappa shape index (κ3) is 1.99. The van der Waals surface area contributed by atoms with E-state index in [1.54, 1.807) is 12.4 Å². The highest BCUT2D eigenvalue weighted by molar-refractivity contribution is 7.71. The Morgan fingerprint density at radius 2 is 2.11 bits per heavy atom. The average molecular weight is 260 g/mol. The van der Waals surface area contributed by atoms with Crippen LogP contribution in [-0.2, 0) is 6.54 Å². The molecule has 1 unspecified atom stereocenters. The van der Waals surface area contributed by atoms with Crippen LogP contribution in [0.5, 0.6) is 0 Å². The Morgan fingerprint density at radius 1 is 1.44 bits per heavy atom. The molecule has 94 valence electrons. The Hall–Kier alpha value is -1.49. The number of pyridine rings is 1. The number of hydrogen-bond donors (Lipinski definition) is 1. The zero-order chi connectivity index (χ0) is 12.8. The van der Waals surface area contributed by atoms with Crippen molar-refractivity contribution in [3.05, 3.63) is 29.3 Å². The summed E-state index contributed by atoms with van der Waals surface area (Å²) in [6.45, 7) is 5.54. The molecular formula is C13H16N4S. The van der Waals surface area contributed by atoms with E-state index in [-0.39, 0.29) is 0 Å². The van der Waals surface area contributed by atoms with E-state index in [4.69, 9.17) is 12.2 Å². The molecule has 0 radical (unpaired) electrons. The first-order valence-corrected chi connectivity index (χ1v) is 6.54. The maximum absolute atomic E-state index is 5.32. The molecule has 4 nitrogen and oxygen atoms in total. The molecule has 5 heteroatoms. The van der Waals surface area contributed by atoms with E-state index >= 15 is 0 Å². The molecule has 18 heavy (non-hydrogen) atoms. The van der Waals surface area contributed by atoms with Gasteiger partial charge in [-0.1, -0.05) is 13.8 Å². The maximum atomic E-state index is 5.32. The summed E-state index contributed by atoms with van der Waals surface area (Å²) in [5.74, 6) is 1.60. The van der Waals surface area contributed by atoms with Gasteiger partial charge in [-0.15, -0.1) is 0 Å². The van der Waals surface area contributed by atoms with Gasteiger partial charge in [-0.3, -0.25) is 14.6 Å². The second-order valence-corrected chi connectivity index (χ2v) is 5.98. The molecule has 0 aliphatic heterocycles. The molecule has 3 rings (SSSR count). The Labute approximate surface area is 111 Å². The zero-order valence-corrected chi connectivity index (χ0v) is 11.4. The number of hydrogen-bond acceptors (Lipinski definition) is 3. The second-order valence-electron chi connectivity index (χ2n) is 5.59. The first kappa shape index (κ1) is 11.6. The third-order valence-corrected chi connectivity index (χ3v) is 4.13. The van der Waals surface area contributed by atoms with Gasteiger partial charge in [-0.2, -0.15) is 5.10 Å². The highest BCUT2D eigenvalue weighted by atomic mass is 32.1. The van der Waals surface area contributed by atoms with E-state index in [1.807, 2.05) is 12.1 Å². The monoisotopic (exact) mass is 260 g/mol. The minimum atomic E-state index is 0.446. The fourth-order valence-electron chi connectivity index (χ4n) is 2.32. The number of H-pyrrole nitrogens is 1. The molecule has 1 atom stereocenters. The minimum Gasteiger partial charge on any atom is -0.300 e. The smallest absolute Gasteiger partial charge is 0.195 e. The molecule has 0 bridgehead atoms. The highest BCUT2D eigenvalue weighted by Gasteiger charge is 2.45. The summed E-state index contributed by atoms with van der Waals surface area (Å²) in [4.78, 5) is 4.03. The van der Waals surface area contributed by atoms with Gasteiger partial charge in [0.25, 0.3) is 0 Å². The second kappa shape index (κ2) is 4.02. The molecule has 1 N–H and O–H groups in total. The van der Waals surface area contributed by atoms with Crippen LogP contribution < -0.4 is 0 Å². The van der Waals surface area contributed by atoms with Crippen molar-refractivity contribution in [3.8, 4) is 11.4 Å². The van der Waals surface area contributed by atoms with E-state index in [1.165, 1.54) is 6.42 Å². The van der Waals surface area contributed by atoms with Gasteiger partial charge in [0.15, 0.2) is 10.6 Å². The van der Waals surface area contributed by atoms with Gasteiger partial charge in [0.05, 0.1) is 0 Å². The molecule has 0 amide bonds. The first-order chi connectivity index (χ1) is 8.58. The van der Waals surface area contributed by atoms with Crippen LogP contribution in [0.2, 0.25) is 0 Å². The minimum absolute atomic E-state index is 0.446.